The average Bonchev–Trinajstić information content (AvgIpc) is 2.17. The van der Waals surface area contributed by atoms with E-state index in [0.717, 1.165) is 5.69 Å². The monoisotopic (exact) mass is 233 g/mol. The Balaban J connectivity index is 2.50. The van der Waals surface area contributed by atoms with Crippen LogP contribution in [-0.4, -0.2) is 31.0 Å². The molecule has 1 heterocycles. The van der Waals surface area contributed by atoms with Gasteiger partial charge in [-0.1, -0.05) is 5.46 Å². The first-order chi connectivity index (χ1) is 7.78. The van der Waals surface area contributed by atoms with E-state index in [4.69, 9.17) is 17.3 Å². The lowest BCUT2D eigenvalue weighted by Gasteiger charge is -2.19. The molecule has 0 aliphatic carbocycles. The number of carbonyl (C=O) groups excluding carboxylic acids is 1. The first kappa shape index (κ1) is 13.5. The van der Waals surface area contributed by atoms with E-state index in [9.17, 15) is 4.79 Å². The van der Waals surface area contributed by atoms with Crippen LogP contribution in [0.1, 0.15) is 26.5 Å². The van der Waals surface area contributed by atoms with Gasteiger partial charge in [0, 0.05) is 5.69 Å². The van der Waals surface area contributed by atoms with Crippen molar-refractivity contribution in [2.24, 2.45) is 0 Å². The molecule has 0 bridgehead atoms. The molecule has 0 aliphatic rings. The van der Waals surface area contributed by atoms with Crippen LogP contribution in [0.3, 0.4) is 0 Å². The first-order valence-corrected chi connectivity index (χ1v) is 5.35. The molecule has 0 N–H and O–H groups in total. The maximum atomic E-state index is 11.4. The number of aromatic nitrogens is 1. The molecule has 0 aliphatic heterocycles. The largest absolute Gasteiger partial charge is 0.480 e. The number of hydrogen-bond acceptors (Lipinski definition) is 4. The predicted octanol–water partition coefficient (Wildman–Crippen LogP) is 0.904. The molecule has 90 valence electrons. The average molecular weight is 233 g/mol. The molecule has 0 saturated carbocycles. The van der Waals surface area contributed by atoms with Gasteiger partial charge in [-0.15, -0.1) is 0 Å². The van der Waals surface area contributed by atoms with E-state index >= 15 is 0 Å². The zero-order chi connectivity index (χ0) is 13.1. The number of hydrogen-bond donors (Lipinski definition) is 0. The van der Waals surface area contributed by atoms with Crippen molar-refractivity contribution in [1.82, 2.24) is 4.98 Å². The molecular weight excluding hydrogens is 217 g/mol. The Bertz CT molecular complexity index is 413. The Morgan fingerprint density at radius 2 is 2.12 bits per heavy atom. The van der Waals surface area contributed by atoms with Crippen LogP contribution in [0.5, 0.6) is 5.75 Å². The Labute approximate surface area is 103 Å². The van der Waals surface area contributed by atoms with Gasteiger partial charge in [0.25, 0.3) is 0 Å². The summed E-state index contributed by atoms with van der Waals surface area (Å²) >= 11 is 0. The minimum atomic E-state index is -0.509. The molecule has 0 spiro atoms. The van der Waals surface area contributed by atoms with Gasteiger partial charge >= 0.3 is 5.97 Å². The summed E-state index contributed by atoms with van der Waals surface area (Å²) in [6.07, 6.45) is 1.52. The summed E-state index contributed by atoms with van der Waals surface area (Å²) < 4.78 is 10.3. The molecule has 4 nitrogen and oxygen atoms in total. The Hall–Kier alpha value is -1.52. The highest BCUT2D eigenvalue weighted by atomic mass is 16.6. The number of esters is 1. The third kappa shape index (κ3) is 4.89. The van der Waals surface area contributed by atoms with E-state index in [1.165, 1.54) is 6.20 Å². The molecule has 1 rings (SSSR count). The van der Waals surface area contributed by atoms with Crippen LogP contribution < -0.4 is 10.2 Å². The summed E-state index contributed by atoms with van der Waals surface area (Å²) in [5.74, 6) is 0.0376. The summed E-state index contributed by atoms with van der Waals surface area (Å²) in [4.78, 5) is 15.4. The van der Waals surface area contributed by atoms with Crippen LogP contribution in [0.25, 0.3) is 0 Å². The van der Waals surface area contributed by atoms with E-state index in [2.05, 4.69) is 4.98 Å². The zero-order valence-electron chi connectivity index (χ0n) is 10.6. The standard InChI is InChI=1S/C12H16BNO3/c1-8-10(13)5-9(6-14-8)16-7-11(15)17-12(2,3)4/h5-6H,7H2,1-4H3. The molecule has 2 radical (unpaired) electrons. The molecule has 1 aromatic rings. The fourth-order valence-corrected chi connectivity index (χ4v) is 1.12. The van der Waals surface area contributed by atoms with Gasteiger partial charge in [0.2, 0.25) is 0 Å². The molecule has 5 heteroatoms. The lowest BCUT2D eigenvalue weighted by molar-refractivity contribution is -0.157. The molecule has 0 amide bonds. The van der Waals surface area contributed by atoms with Crippen molar-refractivity contribution in [3.63, 3.8) is 0 Å². The Kier molecular flexibility index (Phi) is 4.15. The van der Waals surface area contributed by atoms with Crippen LogP contribution in [0, 0.1) is 6.92 Å². The SMILES string of the molecule is [B]c1cc(OCC(=O)OC(C)(C)C)cnc1C. The fraction of sp³-hybridized carbons (Fsp3) is 0.500. The highest BCUT2D eigenvalue weighted by Gasteiger charge is 2.16. The summed E-state index contributed by atoms with van der Waals surface area (Å²) in [6, 6.07) is 1.63. The van der Waals surface area contributed by atoms with E-state index in [1.807, 2.05) is 0 Å². The van der Waals surface area contributed by atoms with Gasteiger partial charge < -0.3 is 9.47 Å². The van der Waals surface area contributed by atoms with Gasteiger partial charge in [-0.05, 0) is 33.8 Å². The third-order valence-corrected chi connectivity index (χ3v) is 1.88. The Morgan fingerprint density at radius 3 is 2.65 bits per heavy atom. The van der Waals surface area contributed by atoms with Gasteiger partial charge in [0.15, 0.2) is 6.61 Å². The normalized spacial score (nSPS) is 11.1. The molecular formula is C12H16BNO3. The van der Waals surface area contributed by atoms with Crippen molar-refractivity contribution in [3.8, 4) is 5.75 Å². The highest BCUT2D eigenvalue weighted by Crippen LogP contribution is 2.09. The quantitative estimate of drug-likeness (QED) is 0.575. The van der Waals surface area contributed by atoms with Crippen molar-refractivity contribution >= 4 is 19.3 Å². The molecule has 17 heavy (non-hydrogen) atoms. The third-order valence-electron chi connectivity index (χ3n) is 1.88. The van der Waals surface area contributed by atoms with Gasteiger partial charge in [0.1, 0.15) is 19.2 Å². The lowest BCUT2D eigenvalue weighted by atomic mass is 9.95. The molecule has 0 aromatic carbocycles. The van der Waals surface area contributed by atoms with Crippen LogP contribution >= 0.6 is 0 Å². The van der Waals surface area contributed by atoms with Crippen molar-refractivity contribution in [1.29, 1.82) is 0 Å². The van der Waals surface area contributed by atoms with E-state index in [0.29, 0.717) is 11.2 Å². The van der Waals surface area contributed by atoms with Gasteiger partial charge in [0.05, 0.1) is 6.20 Å². The summed E-state index contributed by atoms with van der Waals surface area (Å²) in [5, 5.41) is 0. The maximum Gasteiger partial charge on any atom is 0.344 e. The minimum absolute atomic E-state index is 0.151. The molecule has 0 atom stereocenters. The van der Waals surface area contributed by atoms with Gasteiger partial charge in [-0.3, -0.25) is 4.98 Å². The lowest BCUT2D eigenvalue weighted by Crippen LogP contribution is -2.27. The first-order valence-electron chi connectivity index (χ1n) is 5.35. The van der Waals surface area contributed by atoms with Crippen LogP contribution in [0.15, 0.2) is 12.3 Å². The number of carbonyl (C=O) groups is 1. The van der Waals surface area contributed by atoms with Crippen molar-refractivity contribution in [3.05, 3.63) is 18.0 Å². The smallest absolute Gasteiger partial charge is 0.344 e. The number of pyridine rings is 1. The van der Waals surface area contributed by atoms with Crippen LogP contribution in [0.4, 0.5) is 0 Å². The second kappa shape index (κ2) is 5.21. The van der Waals surface area contributed by atoms with Crippen molar-refractivity contribution < 1.29 is 14.3 Å². The number of rotatable bonds is 3. The maximum absolute atomic E-state index is 11.4. The van der Waals surface area contributed by atoms with E-state index < -0.39 is 11.6 Å². The van der Waals surface area contributed by atoms with E-state index in [1.54, 1.807) is 33.8 Å². The highest BCUT2D eigenvalue weighted by molar-refractivity contribution is 6.33. The summed E-state index contributed by atoms with van der Waals surface area (Å²) in [5.41, 5.74) is 0.756. The number of nitrogens with zero attached hydrogens (tertiary/aromatic N) is 1. The topological polar surface area (TPSA) is 48.4 Å². The Morgan fingerprint density at radius 1 is 1.47 bits per heavy atom. The second-order valence-corrected chi connectivity index (χ2v) is 4.72. The van der Waals surface area contributed by atoms with Crippen molar-refractivity contribution in [2.45, 2.75) is 33.3 Å². The molecule has 0 unspecified atom stereocenters. The molecule has 1 aromatic heterocycles. The van der Waals surface area contributed by atoms with Crippen molar-refractivity contribution in [2.75, 3.05) is 6.61 Å². The van der Waals surface area contributed by atoms with Crippen LogP contribution in [0.2, 0.25) is 0 Å². The van der Waals surface area contributed by atoms with Crippen LogP contribution in [-0.2, 0) is 9.53 Å². The number of aryl methyl sites for hydroxylation is 1. The molecule has 0 saturated heterocycles. The number of ether oxygens (including phenoxy) is 2. The van der Waals surface area contributed by atoms with Gasteiger partial charge in [-0.2, -0.15) is 0 Å². The summed E-state index contributed by atoms with van der Waals surface area (Å²) in [6.45, 7) is 7.05. The predicted molar refractivity (Wildman–Crippen MR) is 65.7 cm³/mol. The molecule has 0 fully saturated rings. The summed E-state index contributed by atoms with van der Waals surface area (Å²) in [7, 11) is 5.67. The van der Waals surface area contributed by atoms with E-state index in [-0.39, 0.29) is 6.61 Å². The minimum Gasteiger partial charge on any atom is -0.480 e. The van der Waals surface area contributed by atoms with Gasteiger partial charge in [-0.25, -0.2) is 4.79 Å². The second-order valence-electron chi connectivity index (χ2n) is 4.72. The fourth-order valence-electron chi connectivity index (χ4n) is 1.12. The zero-order valence-corrected chi connectivity index (χ0v) is 10.6.